The monoisotopic (exact) mass is 584 g/mol. The first-order valence-corrected chi connectivity index (χ1v) is 13.2. The molecule has 0 spiro atoms. The van der Waals surface area contributed by atoms with Gasteiger partial charge in [-0.2, -0.15) is 0 Å². The Labute approximate surface area is 229 Å². The second-order valence-electron chi connectivity index (χ2n) is 9.62. The first kappa shape index (κ1) is 26.9. The van der Waals surface area contributed by atoms with Gasteiger partial charge >= 0.3 is 6.29 Å². The molecule has 1 amide bonds. The molecule has 2 fully saturated rings. The van der Waals surface area contributed by atoms with E-state index >= 15 is 8.78 Å². The molecule has 2 aromatic heterocycles. The van der Waals surface area contributed by atoms with Crippen LogP contribution in [0, 0.1) is 0 Å². The first-order chi connectivity index (χ1) is 19.0. The molecule has 3 aliphatic rings. The number of likely N-dealkylation sites (tertiary alicyclic amines) is 1. The summed E-state index contributed by atoms with van der Waals surface area (Å²) < 4.78 is 82.8. The number of nitrogens with one attached hydrogen (secondary N) is 1. The van der Waals surface area contributed by atoms with E-state index < -0.39 is 42.8 Å². The first-order valence-electron chi connectivity index (χ1n) is 12.4. The SMILES string of the molecule is COc1ncc(C2CN([C@@H](C)C(=O)Nc3nc4cc5c(cc4s3)OC(F)(F)O5)CCC2(F)F)cc1C1OCCO1. The van der Waals surface area contributed by atoms with Gasteiger partial charge in [0.15, 0.2) is 22.9 Å². The third-order valence-electron chi connectivity index (χ3n) is 7.10. The Morgan fingerprint density at radius 1 is 1.18 bits per heavy atom. The fourth-order valence-electron chi connectivity index (χ4n) is 4.98. The van der Waals surface area contributed by atoms with Crippen LogP contribution in [0.3, 0.4) is 0 Å². The van der Waals surface area contributed by atoms with Crippen molar-refractivity contribution in [1.29, 1.82) is 0 Å². The van der Waals surface area contributed by atoms with Gasteiger partial charge in [-0.15, -0.1) is 8.78 Å². The van der Waals surface area contributed by atoms with Crippen LogP contribution < -0.4 is 19.5 Å². The zero-order valence-corrected chi connectivity index (χ0v) is 22.1. The Bertz CT molecular complexity index is 1410. The van der Waals surface area contributed by atoms with Crippen LogP contribution in [0.2, 0.25) is 0 Å². The second kappa shape index (κ2) is 9.98. The molecular weight excluding hydrogens is 560 g/mol. The molecule has 1 N–H and O–H groups in total. The van der Waals surface area contributed by atoms with Crippen LogP contribution in [0.15, 0.2) is 24.4 Å². The summed E-state index contributed by atoms with van der Waals surface area (Å²) in [5.41, 5.74) is 1.05. The summed E-state index contributed by atoms with van der Waals surface area (Å²) >= 11 is 1.06. The number of pyridine rings is 1. The minimum absolute atomic E-state index is 0.00116. The van der Waals surface area contributed by atoms with E-state index in [4.69, 9.17) is 14.2 Å². The van der Waals surface area contributed by atoms with Crippen LogP contribution in [0.4, 0.5) is 22.7 Å². The van der Waals surface area contributed by atoms with Crippen molar-refractivity contribution in [2.24, 2.45) is 0 Å². The maximum Gasteiger partial charge on any atom is 0.586 e. The smallest absolute Gasteiger partial charge is 0.481 e. The third-order valence-corrected chi connectivity index (χ3v) is 8.03. The summed E-state index contributed by atoms with van der Waals surface area (Å²) in [6, 6.07) is 3.46. The number of methoxy groups -OCH3 is 1. The predicted octanol–water partition coefficient (Wildman–Crippen LogP) is 4.52. The largest absolute Gasteiger partial charge is 0.586 e. The molecule has 0 saturated carbocycles. The molecule has 5 heterocycles. The number of anilines is 1. The molecule has 0 bridgehead atoms. The van der Waals surface area contributed by atoms with Crippen molar-refractivity contribution in [3.63, 3.8) is 0 Å². The van der Waals surface area contributed by atoms with E-state index in [0.717, 1.165) is 11.3 Å². The molecule has 0 aliphatic carbocycles. The predicted molar refractivity (Wildman–Crippen MR) is 133 cm³/mol. The summed E-state index contributed by atoms with van der Waals surface area (Å²) in [4.78, 5) is 23.3. The highest BCUT2D eigenvalue weighted by Gasteiger charge is 2.47. The van der Waals surface area contributed by atoms with E-state index in [2.05, 4.69) is 24.8 Å². The van der Waals surface area contributed by atoms with Gasteiger partial charge in [0.1, 0.15) is 0 Å². The van der Waals surface area contributed by atoms with Crippen LogP contribution in [0.5, 0.6) is 17.4 Å². The zero-order chi connectivity index (χ0) is 28.2. The summed E-state index contributed by atoms with van der Waals surface area (Å²) in [5, 5.41) is 2.93. The quantitative estimate of drug-likeness (QED) is 0.419. The van der Waals surface area contributed by atoms with Gasteiger partial charge < -0.3 is 29.0 Å². The van der Waals surface area contributed by atoms with Crippen molar-refractivity contribution >= 4 is 32.6 Å². The van der Waals surface area contributed by atoms with Gasteiger partial charge in [-0.3, -0.25) is 9.69 Å². The Morgan fingerprint density at radius 3 is 2.62 bits per heavy atom. The Kier molecular flexibility index (Phi) is 6.71. The Balaban J connectivity index is 1.18. The lowest BCUT2D eigenvalue weighted by molar-refractivity contribution is -0.286. The molecule has 15 heteroatoms. The van der Waals surface area contributed by atoms with Gasteiger partial charge in [0, 0.05) is 37.8 Å². The van der Waals surface area contributed by atoms with Gasteiger partial charge in [-0.1, -0.05) is 11.3 Å². The molecule has 40 heavy (non-hydrogen) atoms. The Morgan fingerprint density at radius 2 is 1.90 bits per heavy atom. The van der Waals surface area contributed by atoms with Gasteiger partial charge in [-0.25, -0.2) is 18.7 Å². The topological polar surface area (TPSA) is 104 Å². The number of amides is 1. The lowest BCUT2D eigenvalue weighted by atomic mass is 9.86. The molecule has 2 saturated heterocycles. The second-order valence-corrected chi connectivity index (χ2v) is 10.6. The Hall–Kier alpha value is -3.27. The molecule has 1 aromatic carbocycles. The van der Waals surface area contributed by atoms with Gasteiger partial charge in [0.2, 0.25) is 11.8 Å². The highest BCUT2D eigenvalue weighted by atomic mass is 32.1. The molecule has 3 aromatic rings. The number of hydrogen-bond donors (Lipinski definition) is 1. The van der Waals surface area contributed by atoms with Crippen LogP contribution in [-0.2, 0) is 14.3 Å². The number of ether oxygens (including phenoxy) is 5. The van der Waals surface area contributed by atoms with E-state index in [0.29, 0.717) is 29.0 Å². The van der Waals surface area contributed by atoms with Crippen molar-refractivity contribution in [3.8, 4) is 17.4 Å². The van der Waals surface area contributed by atoms with Crippen molar-refractivity contribution in [1.82, 2.24) is 14.9 Å². The number of rotatable bonds is 6. The van der Waals surface area contributed by atoms with Crippen molar-refractivity contribution < 1.29 is 46.0 Å². The third kappa shape index (κ3) is 5.02. The standard InChI is InChI=1S/C25H24F4N4O6S/c1-12(20(34)32-23-31-16-8-17-18(9-19(16)40-23)39-25(28,29)38-17)33-4-3-24(26,27)15(11-33)13-7-14(21(35-2)30-10-13)22-36-5-6-37-22/h7-10,12,15,22H,3-6,11H2,1-2H3,(H,31,32,34)/t12-,15?/m0/s1. The molecule has 1 unspecified atom stereocenters. The van der Waals surface area contributed by atoms with Crippen molar-refractivity contribution in [2.75, 3.05) is 38.7 Å². The summed E-state index contributed by atoms with van der Waals surface area (Å²) in [5.74, 6) is -4.78. The number of halogens is 4. The van der Waals surface area contributed by atoms with Crippen LogP contribution >= 0.6 is 11.3 Å². The molecule has 10 nitrogen and oxygen atoms in total. The van der Waals surface area contributed by atoms with E-state index in [1.54, 1.807) is 17.9 Å². The number of carbonyl (C=O) groups is 1. The fourth-order valence-corrected chi connectivity index (χ4v) is 5.86. The minimum Gasteiger partial charge on any atom is -0.481 e. The lowest BCUT2D eigenvalue weighted by Crippen LogP contribution is -2.52. The average molecular weight is 585 g/mol. The number of piperidine rings is 1. The summed E-state index contributed by atoms with van der Waals surface area (Å²) in [6.45, 7) is 2.26. The molecule has 2 atom stereocenters. The van der Waals surface area contributed by atoms with E-state index in [1.165, 1.54) is 25.4 Å². The number of benzene rings is 1. The van der Waals surface area contributed by atoms with Crippen LogP contribution in [0.1, 0.15) is 36.7 Å². The molecule has 214 valence electrons. The average Bonchev–Trinajstić information content (AvgIpc) is 3.63. The lowest BCUT2D eigenvalue weighted by Gasteiger charge is -2.40. The van der Waals surface area contributed by atoms with E-state index in [-0.39, 0.29) is 41.2 Å². The van der Waals surface area contributed by atoms with Gasteiger partial charge in [0.05, 0.1) is 48.1 Å². The number of fused-ring (bicyclic) bond motifs is 2. The van der Waals surface area contributed by atoms with Crippen LogP contribution in [0.25, 0.3) is 10.2 Å². The number of alkyl halides is 4. The van der Waals surface area contributed by atoms with E-state index in [1.807, 2.05) is 0 Å². The van der Waals surface area contributed by atoms with Gasteiger partial charge in [-0.05, 0) is 18.6 Å². The van der Waals surface area contributed by atoms with E-state index in [9.17, 15) is 13.6 Å². The maximum atomic E-state index is 15.2. The number of aromatic nitrogens is 2. The highest BCUT2D eigenvalue weighted by molar-refractivity contribution is 7.22. The van der Waals surface area contributed by atoms with Gasteiger partial charge in [0.25, 0.3) is 5.92 Å². The van der Waals surface area contributed by atoms with Crippen molar-refractivity contribution in [2.45, 2.75) is 43.8 Å². The zero-order valence-electron chi connectivity index (χ0n) is 21.3. The highest BCUT2D eigenvalue weighted by Crippen LogP contribution is 2.45. The summed E-state index contributed by atoms with van der Waals surface area (Å²) in [6.07, 6.45) is -3.61. The molecule has 0 radical (unpaired) electrons. The van der Waals surface area contributed by atoms with Crippen LogP contribution in [-0.4, -0.2) is 72.4 Å². The number of hydrogen-bond acceptors (Lipinski definition) is 10. The molecular formula is C25H24F4N4O6S. The number of carbonyl (C=O) groups excluding carboxylic acids is 1. The van der Waals surface area contributed by atoms with Crippen molar-refractivity contribution in [3.05, 3.63) is 35.5 Å². The normalized spacial score (nSPS) is 22.9. The maximum absolute atomic E-state index is 15.2. The number of thiazole rings is 1. The fraction of sp³-hybridized carbons (Fsp3) is 0.480. The molecule has 6 rings (SSSR count). The summed E-state index contributed by atoms with van der Waals surface area (Å²) in [7, 11) is 1.43. The minimum atomic E-state index is -3.75. The number of nitrogens with zero attached hydrogens (tertiary/aromatic N) is 3. The molecule has 3 aliphatic heterocycles.